The molecule has 64 valence electrons. The van der Waals surface area contributed by atoms with Crippen molar-refractivity contribution in [3.05, 3.63) is 0 Å². The zero-order valence-electron chi connectivity index (χ0n) is 6.12. The largest absolute Gasteiger partial charge is 0.369 e. The number of carbonyl (C=O) groups excluding carboxylic acids is 1. The van der Waals surface area contributed by atoms with Crippen LogP contribution in [0.4, 0.5) is 0 Å². The maximum Gasteiger partial charge on any atom is 0.232 e. The first-order valence-corrected chi connectivity index (χ1v) is 5.30. The van der Waals surface area contributed by atoms with Gasteiger partial charge in [0.25, 0.3) is 0 Å². The van der Waals surface area contributed by atoms with Crippen molar-refractivity contribution in [3.8, 4) is 0 Å². The fourth-order valence-corrected chi connectivity index (χ4v) is 2.52. The number of nitrogens with two attached hydrogens (primary N) is 1. The molecule has 0 atom stereocenters. The van der Waals surface area contributed by atoms with Gasteiger partial charge in [0.05, 0.1) is 5.75 Å². The fraction of sp³-hybridized carbons (Fsp3) is 0.833. The van der Waals surface area contributed by atoms with Crippen molar-refractivity contribution >= 4 is 15.7 Å². The lowest BCUT2D eigenvalue weighted by molar-refractivity contribution is -0.115. The second kappa shape index (κ2) is 2.81. The van der Waals surface area contributed by atoms with E-state index in [0.717, 1.165) is 12.8 Å². The lowest BCUT2D eigenvalue weighted by atomic mass is 10.5. The van der Waals surface area contributed by atoms with Crippen LogP contribution in [0.2, 0.25) is 0 Å². The maximum atomic E-state index is 11.0. The molecule has 1 aliphatic carbocycles. The summed E-state index contributed by atoms with van der Waals surface area (Å²) >= 11 is 0. The molecule has 1 fully saturated rings. The Morgan fingerprint density at radius 1 is 1.45 bits per heavy atom. The molecule has 5 heteroatoms. The van der Waals surface area contributed by atoms with E-state index in [4.69, 9.17) is 5.73 Å². The van der Waals surface area contributed by atoms with E-state index in [9.17, 15) is 13.2 Å². The summed E-state index contributed by atoms with van der Waals surface area (Å²) in [6.07, 6.45) is 1.94. The van der Waals surface area contributed by atoms with E-state index in [1.54, 1.807) is 0 Å². The third-order valence-electron chi connectivity index (χ3n) is 1.55. The van der Waals surface area contributed by atoms with Crippen LogP contribution in [0.3, 0.4) is 0 Å². The Balaban J connectivity index is 2.44. The van der Waals surface area contributed by atoms with Crippen LogP contribution in [-0.2, 0) is 14.6 Å². The van der Waals surface area contributed by atoms with Crippen molar-refractivity contribution in [2.75, 3.05) is 11.5 Å². The minimum absolute atomic E-state index is 0.135. The minimum Gasteiger partial charge on any atom is -0.369 e. The summed E-state index contributed by atoms with van der Waals surface area (Å²) in [5.41, 5.74) is 4.76. The zero-order chi connectivity index (χ0) is 8.48. The number of hydrogen-bond donors (Lipinski definition) is 1. The molecule has 0 bridgehead atoms. The molecule has 1 aliphatic rings. The lowest BCUT2D eigenvalue weighted by Crippen LogP contribution is -2.25. The topological polar surface area (TPSA) is 77.2 Å². The van der Waals surface area contributed by atoms with Gasteiger partial charge >= 0.3 is 0 Å². The number of rotatable bonds is 4. The molecule has 11 heavy (non-hydrogen) atoms. The van der Waals surface area contributed by atoms with Crippen molar-refractivity contribution < 1.29 is 13.2 Å². The van der Waals surface area contributed by atoms with Crippen LogP contribution < -0.4 is 5.73 Å². The Kier molecular flexibility index (Phi) is 2.17. The Hall–Kier alpha value is -0.580. The first-order valence-electron chi connectivity index (χ1n) is 3.48. The van der Waals surface area contributed by atoms with Crippen LogP contribution in [0.15, 0.2) is 0 Å². The third-order valence-corrected chi connectivity index (χ3v) is 3.25. The maximum absolute atomic E-state index is 11.0. The Morgan fingerprint density at radius 3 is 2.36 bits per heavy atom. The highest BCUT2D eigenvalue weighted by molar-refractivity contribution is 7.92. The summed E-state index contributed by atoms with van der Waals surface area (Å²) in [4.78, 5) is 10.3. The minimum atomic E-state index is -3.19. The summed E-state index contributed by atoms with van der Waals surface area (Å²) < 4.78 is 22.0. The van der Waals surface area contributed by atoms with E-state index >= 15 is 0 Å². The van der Waals surface area contributed by atoms with Gasteiger partial charge in [-0.1, -0.05) is 0 Å². The van der Waals surface area contributed by atoms with Crippen molar-refractivity contribution in [2.45, 2.75) is 12.8 Å². The van der Waals surface area contributed by atoms with Gasteiger partial charge in [-0.15, -0.1) is 0 Å². The van der Waals surface area contributed by atoms with Gasteiger partial charge in [-0.25, -0.2) is 8.42 Å². The molecule has 0 aromatic heterocycles. The Morgan fingerprint density at radius 2 is 2.00 bits per heavy atom. The summed E-state index contributed by atoms with van der Waals surface area (Å²) in [5, 5.41) is 0. The van der Waals surface area contributed by atoms with Gasteiger partial charge in [-0.3, -0.25) is 4.79 Å². The molecular weight excluding hydrogens is 166 g/mol. The van der Waals surface area contributed by atoms with Gasteiger partial charge in [0.1, 0.15) is 5.75 Å². The molecule has 0 heterocycles. The normalized spacial score (nSPS) is 18.2. The van der Waals surface area contributed by atoms with Gasteiger partial charge in [0.2, 0.25) is 5.91 Å². The highest BCUT2D eigenvalue weighted by atomic mass is 32.2. The molecule has 1 saturated carbocycles. The first kappa shape index (κ1) is 8.52. The SMILES string of the molecule is NC(=O)CS(=O)(=O)CC1CC1. The number of carbonyl (C=O) groups is 1. The highest BCUT2D eigenvalue weighted by Gasteiger charge is 2.28. The Bertz CT molecular complexity index is 253. The number of sulfone groups is 1. The van der Waals surface area contributed by atoms with Crippen LogP contribution in [0.1, 0.15) is 12.8 Å². The summed E-state index contributed by atoms with van der Waals surface area (Å²) in [6, 6.07) is 0. The van der Waals surface area contributed by atoms with Crippen LogP contribution in [-0.4, -0.2) is 25.8 Å². The molecule has 2 N–H and O–H groups in total. The molecule has 0 radical (unpaired) electrons. The standard InChI is InChI=1S/C6H11NO3S/c7-6(8)4-11(9,10)3-5-1-2-5/h5H,1-4H2,(H2,7,8). The van der Waals surface area contributed by atoms with Gasteiger partial charge in [-0.05, 0) is 18.8 Å². The third kappa shape index (κ3) is 3.36. The average Bonchev–Trinajstić information content (AvgIpc) is 2.43. The van der Waals surface area contributed by atoms with Gasteiger partial charge in [-0.2, -0.15) is 0 Å². The fourth-order valence-electron chi connectivity index (χ4n) is 0.919. The van der Waals surface area contributed by atoms with E-state index in [1.165, 1.54) is 0 Å². The van der Waals surface area contributed by atoms with E-state index in [1.807, 2.05) is 0 Å². The predicted molar refractivity (Wildman–Crippen MR) is 40.6 cm³/mol. The Labute approximate surface area is 65.7 Å². The molecule has 0 aromatic carbocycles. The van der Waals surface area contributed by atoms with Crippen molar-refractivity contribution in [2.24, 2.45) is 11.7 Å². The monoisotopic (exact) mass is 177 g/mol. The second-order valence-corrected chi connectivity index (χ2v) is 5.07. The van der Waals surface area contributed by atoms with Crippen molar-refractivity contribution in [1.82, 2.24) is 0 Å². The highest BCUT2D eigenvalue weighted by Crippen LogP contribution is 2.30. The first-order chi connectivity index (χ1) is 4.99. The van der Waals surface area contributed by atoms with Crippen LogP contribution in [0.25, 0.3) is 0 Å². The quantitative estimate of drug-likeness (QED) is 0.616. The summed E-state index contributed by atoms with van der Waals surface area (Å²) in [7, 11) is -3.19. The van der Waals surface area contributed by atoms with E-state index in [0.29, 0.717) is 5.92 Å². The van der Waals surface area contributed by atoms with Gasteiger partial charge in [0, 0.05) is 0 Å². The van der Waals surface area contributed by atoms with Crippen molar-refractivity contribution in [1.29, 1.82) is 0 Å². The van der Waals surface area contributed by atoms with Gasteiger partial charge in [0.15, 0.2) is 9.84 Å². The lowest BCUT2D eigenvalue weighted by Gasteiger charge is -1.97. The molecule has 1 rings (SSSR count). The van der Waals surface area contributed by atoms with E-state index < -0.39 is 21.5 Å². The number of amides is 1. The van der Waals surface area contributed by atoms with Crippen molar-refractivity contribution in [3.63, 3.8) is 0 Å². The molecule has 0 aromatic rings. The summed E-state index contributed by atoms with van der Waals surface area (Å²) in [6.45, 7) is 0. The number of hydrogen-bond acceptors (Lipinski definition) is 3. The molecule has 0 aliphatic heterocycles. The smallest absolute Gasteiger partial charge is 0.232 e. The molecule has 0 spiro atoms. The molecule has 0 saturated heterocycles. The van der Waals surface area contributed by atoms with Gasteiger partial charge < -0.3 is 5.73 Å². The van der Waals surface area contributed by atoms with Crippen LogP contribution >= 0.6 is 0 Å². The second-order valence-electron chi connectivity index (χ2n) is 2.96. The van der Waals surface area contributed by atoms with Crippen LogP contribution in [0.5, 0.6) is 0 Å². The molecular formula is C6H11NO3S. The molecule has 0 unspecified atom stereocenters. The average molecular weight is 177 g/mol. The molecule has 1 amide bonds. The predicted octanol–water partition coefficient (Wildman–Crippen LogP) is -0.704. The number of primary amides is 1. The van der Waals surface area contributed by atoms with E-state index in [-0.39, 0.29) is 5.75 Å². The summed E-state index contributed by atoms with van der Waals surface area (Å²) in [5.74, 6) is -0.829. The zero-order valence-corrected chi connectivity index (χ0v) is 6.93. The molecule has 4 nitrogen and oxygen atoms in total. The van der Waals surface area contributed by atoms with E-state index in [2.05, 4.69) is 0 Å². The van der Waals surface area contributed by atoms with Crippen LogP contribution in [0, 0.1) is 5.92 Å².